The van der Waals surface area contributed by atoms with E-state index in [1.807, 2.05) is 19.9 Å². The van der Waals surface area contributed by atoms with Gasteiger partial charge in [-0.15, -0.1) is 0 Å². The van der Waals surface area contributed by atoms with Crippen molar-refractivity contribution in [1.82, 2.24) is 0 Å². The van der Waals surface area contributed by atoms with Gasteiger partial charge in [0.1, 0.15) is 28.8 Å². The van der Waals surface area contributed by atoms with E-state index >= 15 is 0 Å². The van der Waals surface area contributed by atoms with Gasteiger partial charge in [0.25, 0.3) is 0 Å². The van der Waals surface area contributed by atoms with Gasteiger partial charge in [-0.25, -0.2) is 0 Å². The Bertz CT molecular complexity index is 1570. The van der Waals surface area contributed by atoms with Crippen LogP contribution in [0.4, 0.5) is 0 Å². The predicted molar refractivity (Wildman–Crippen MR) is 171 cm³/mol. The summed E-state index contributed by atoms with van der Waals surface area (Å²) < 4.78 is 24.5. The Kier molecular flexibility index (Phi) is 9.24. The number of methoxy groups -OCH3 is 3. The molecule has 0 radical (unpaired) electrons. The van der Waals surface area contributed by atoms with Gasteiger partial charge in [-0.1, -0.05) is 65.7 Å². The van der Waals surface area contributed by atoms with Gasteiger partial charge < -0.3 is 18.9 Å². The minimum Gasteiger partial charge on any atom is -0.496 e. The van der Waals surface area contributed by atoms with Gasteiger partial charge in [0.2, 0.25) is 0 Å². The molecule has 0 aromatic heterocycles. The monoisotopic (exact) mass is 548 g/mol. The summed E-state index contributed by atoms with van der Waals surface area (Å²) in [5, 5.41) is 0. The molecule has 4 aromatic rings. The molecule has 41 heavy (non-hydrogen) atoms. The summed E-state index contributed by atoms with van der Waals surface area (Å²) >= 11 is 0. The molecule has 0 fully saturated rings. The zero-order chi connectivity index (χ0) is 29.7. The van der Waals surface area contributed by atoms with E-state index in [4.69, 9.17) is 18.9 Å². The fraction of sp³-hybridized carbons (Fsp3) is 0.243. The SMILES string of the molecule is CO/C(=C/c1c(C)c(OC)c(/C=C(/Oc2cc(C)cc(C)c2)c2ccc(C)cc2)c(C)c1OC)c1ccc(C)cc1. The Hall–Kier alpha value is -4.44. The molecule has 0 aliphatic heterocycles. The van der Waals surface area contributed by atoms with E-state index in [-0.39, 0.29) is 0 Å². The van der Waals surface area contributed by atoms with E-state index in [9.17, 15) is 0 Å². The Morgan fingerprint density at radius 2 is 0.927 bits per heavy atom. The van der Waals surface area contributed by atoms with E-state index in [2.05, 4.69) is 101 Å². The lowest BCUT2D eigenvalue weighted by molar-refractivity contribution is 0.372. The molecule has 4 rings (SSSR count). The largest absolute Gasteiger partial charge is 0.496 e. The minimum absolute atomic E-state index is 0.721. The average Bonchev–Trinajstić information content (AvgIpc) is 2.94. The summed E-state index contributed by atoms with van der Waals surface area (Å²) in [6.45, 7) is 12.4. The van der Waals surface area contributed by atoms with Crippen molar-refractivity contribution in [3.63, 3.8) is 0 Å². The summed E-state index contributed by atoms with van der Waals surface area (Å²) in [6.07, 6.45) is 4.07. The van der Waals surface area contributed by atoms with Crippen molar-refractivity contribution in [2.45, 2.75) is 41.5 Å². The van der Waals surface area contributed by atoms with Crippen LogP contribution in [0.15, 0.2) is 66.7 Å². The van der Waals surface area contributed by atoms with E-state index in [1.165, 1.54) is 11.1 Å². The molecule has 4 aromatic carbocycles. The number of ether oxygens (including phenoxy) is 4. The van der Waals surface area contributed by atoms with Crippen molar-refractivity contribution in [3.8, 4) is 17.2 Å². The Labute approximate surface area is 244 Å². The maximum absolute atomic E-state index is 6.59. The summed E-state index contributed by atoms with van der Waals surface area (Å²) in [7, 11) is 5.09. The highest BCUT2D eigenvalue weighted by Gasteiger charge is 2.21. The van der Waals surface area contributed by atoms with Gasteiger partial charge in [-0.3, -0.25) is 0 Å². The molecule has 0 aliphatic rings. The first kappa shape index (κ1) is 29.5. The summed E-state index contributed by atoms with van der Waals surface area (Å²) in [5.74, 6) is 3.76. The molecule has 0 heterocycles. The third-order valence-electron chi connectivity index (χ3n) is 7.25. The molecule has 0 saturated carbocycles. The zero-order valence-electron chi connectivity index (χ0n) is 25.6. The van der Waals surface area contributed by atoms with Gasteiger partial charge in [0.05, 0.1) is 21.3 Å². The second-order valence-corrected chi connectivity index (χ2v) is 10.5. The Balaban J connectivity index is 1.93. The van der Waals surface area contributed by atoms with Crippen molar-refractivity contribution in [2.75, 3.05) is 21.3 Å². The zero-order valence-corrected chi connectivity index (χ0v) is 25.6. The third kappa shape index (κ3) is 6.66. The van der Waals surface area contributed by atoms with Crippen LogP contribution in [-0.2, 0) is 4.74 Å². The maximum atomic E-state index is 6.59. The molecule has 0 aliphatic carbocycles. The van der Waals surface area contributed by atoms with Crippen LogP contribution in [0.3, 0.4) is 0 Å². The quantitative estimate of drug-likeness (QED) is 0.154. The average molecular weight is 549 g/mol. The van der Waals surface area contributed by atoms with E-state index in [0.717, 1.165) is 73.3 Å². The highest BCUT2D eigenvalue weighted by Crippen LogP contribution is 2.42. The standard InChI is InChI=1S/C37H40O4/c1-23-10-14-29(15-11-23)34(38-7)21-32-27(5)37(40-9)33(28(6)36(32)39-8)22-35(30-16-12-24(2)13-17-30)41-31-19-25(3)18-26(4)20-31/h10-22H,1-9H3/b34-21+,35-22+. The molecule has 0 spiro atoms. The second kappa shape index (κ2) is 12.8. The van der Waals surface area contributed by atoms with Crippen molar-refractivity contribution < 1.29 is 18.9 Å². The molecule has 212 valence electrons. The highest BCUT2D eigenvalue weighted by molar-refractivity contribution is 5.88. The number of hydrogen-bond acceptors (Lipinski definition) is 4. The lowest BCUT2D eigenvalue weighted by atomic mass is 9.94. The van der Waals surface area contributed by atoms with E-state index in [0.29, 0.717) is 0 Å². The van der Waals surface area contributed by atoms with Crippen molar-refractivity contribution in [3.05, 3.63) is 122 Å². The molecule has 0 unspecified atom stereocenters. The first-order valence-corrected chi connectivity index (χ1v) is 13.8. The molecule has 0 bridgehead atoms. The predicted octanol–water partition coefficient (Wildman–Crippen LogP) is 9.28. The topological polar surface area (TPSA) is 36.9 Å². The molecule has 0 saturated heterocycles. The first-order chi connectivity index (χ1) is 19.6. The normalized spacial score (nSPS) is 11.8. The van der Waals surface area contributed by atoms with Crippen LogP contribution in [-0.4, -0.2) is 21.3 Å². The van der Waals surface area contributed by atoms with Crippen LogP contribution in [0, 0.1) is 41.5 Å². The van der Waals surface area contributed by atoms with Crippen LogP contribution in [0.5, 0.6) is 17.2 Å². The third-order valence-corrected chi connectivity index (χ3v) is 7.25. The number of rotatable bonds is 9. The summed E-state index contributed by atoms with van der Waals surface area (Å²) in [4.78, 5) is 0. The number of benzene rings is 4. The van der Waals surface area contributed by atoms with Crippen LogP contribution in [0.1, 0.15) is 55.6 Å². The molecular formula is C37H40O4. The van der Waals surface area contributed by atoms with Gasteiger partial charge in [-0.2, -0.15) is 0 Å². The number of hydrogen-bond donors (Lipinski definition) is 0. The van der Waals surface area contributed by atoms with Gasteiger partial charge >= 0.3 is 0 Å². The van der Waals surface area contributed by atoms with Crippen LogP contribution in [0.2, 0.25) is 0 Å². The maximum Gasteiger partial charge on any atom is 0.135 e. The molecule has 0 amide bonds. The Morgan fingerprint density at radius 3 is 1.34 bits per heavy atom. The smallest absolute Gasteiger partial charge is 0.135 e. The van der Waals surface area contributed by atoms with E-state index in [1.54, 1.807) is 21.3 Å². The fourth-order valence-corrected chi connectivity index (χ4v) is 5.11. The van der Waals surface area contributed by atoms with Crippen molar-refractivity contribution >= 4 is 23.7 Å². The van der Waals surface area contributed by atoms with Crippen molar-refractivity contribution in [1.29, 1.82) is 0 Å². The fourth-order valence-electron chi connectivity index (χ4n) is 5.11. The van der Waals surface area contributed by atoms with Gasteiger partial charge in [0.15, 0.2) is 0 Å². The van der Waals surface area contributed by atoms with Crippen LogP contribution in [0.25, 0.3) is 23.7 Å². The van der Waals surface area contributed by atoms with Crippen molar-refractivity contribution in [2.24, 2.45) is 0 Å². The molecule has 0 atom stereocenters. The summed E-state index contributed by atoms with van der Waals surface area (Å²) in [5.41, 5.74) is 10.3. The lowest BCUT2D eigenvalue weighted by Gasteiger charge is -2.21. The van der Waals surface area contributed by atoms with Crippen LogP contribution >= 0.6 is 0 Å². The van der Waals surface area contributed by atoms with Crippen LogP contribution < -0.4 is 14.2 Å². The van der Waals surface area contributed by atoms with Gasteiger partial charge in [-0.05, 0) is 77.0 Å². The second-order valence-electron chi connectivity index (χ2n) is 10.5. The minimum atomic E-state index is 0.721. The number of aryl methyl sites for hydroxylation is 4. The molecule has 4 heteroatoms. The summed E-state index contributed by atoms with van der Waals surface area (Å²) in [6, 6.07) is 22.9. The van der Waals surface area contributed by atoms with E-state index < -0.39 is 0 Å². The van der Waals surface area contributed by atoms with Gasteiger partial charge in [0, 0.05) is 33.4 Å². The Morgan fingerprint density at radius 1 is 0.512 bits per heavy atom. The molecular weight excluding hydrogens is 508 g/mol. The highest BCUT2D eigenvalue weighted by atomic mass is 16.5. The lowest BCUT2D eigenvalue weighted by Crippen LogP contribution is -2.04. The first-order valence-electron chi connectivity index (χ1n) is 13.8. The molecule has 4 nitrogen and oxygen atoms in total. The molecule has 0 N–H and O–H groups in total.